The van der Waals surface area contributed by atoms with Crippen LogP contribution in [0.3, 0.4) is 0 Å². The highest BCUT2D eigenvalue weighted by molar-refractivity contribution is 5.50. The summed E-state index contributed by atoms with van der Waals surface area (Å²) in [7, 11) is 1.69. The van der Waals surface area contributed by atoms with E-state index in [0.29, 0.717) is 6.61 Å². The lowest BCUT2D eigenvalue weighted by Gasteiger charge is -2.16. The molecule has 24 heavy (non-hydrogen) atoms. The highest BCUT2D eigenvalue weighted by Crippen LogP contribution is 2.16. The monoisotopic (exact) mass is 324 g/mol. The molecule has 0 saturated carbocycles. The molecule has 0 aliphatic carbocycles. The number of ether oxygens (including phenoxy) is 2. The Morgan fingerprint density at radius 2 is 1.75 bits per heavy atom. The highest BCUT2D eigenvalue weighted by Gasteiger charge is 2.07. The molecule has 0 fully saturated rings. The SMILES string of the molecule is CCCC[C@H](C/C=C/c1ccc(OC)cc1)OCc1ccccc1. The molecule has 0 unspecified atom stereocenters. The zero-order valence-electron chi connectivity index (χ0n) is 14.8. The summed E-state index contributed by atoms with van der Waals surface area (Å²) in [6.07, 6.45) is 9.11. The topological polar surface area (TPSA) is 18.5 Å². The lowest BCUT2D eigenvalue weighted by molar-refractivity contribution is 0.0357. The molecule has 2 heteroatoms. The van der Waals surface area contributed by atoms with Crippen molar-refractivity contribution in [1.82, 2.24) is 0 Å². The Bertz CT molecular complexity index is 587. The molecule has 2 aromatic rings. The van der Waals surface area contributed by atoms with Crippen molar-refractivity contribution in [2.75, 3.05) is 7.11 Å². The third kappa shape index (κ3) is 6.59. The standard InChI is InChI=1S/C22H28O2/c1-3-4-12-22(24-18-20-9-6-5-7-10-20)13-8-11-19-14-16-21(23-2)17-15-19/h5-11,14-17,22H,3-4,12-13,18H2,1-2H3/b11-8+/t22-/m1/s1. The van der Waals surface area contributed by atoms with Crippen LogP contribution in [0.5, 0.6) is 5.75 Å². The molecule has 0 aliphatic rings. The van der Waals surface area contributed by atoms with Crippen LogP contribution in [-0.2, 0) is 11.3 Å². The molecule has 2 rings (SSSR count). The molecular formula is C22H28O2. The van der Waals surface area contributed by atoms with Crippen LogP contribution in [-0.4, -0.2) is 13.2 Å². The minimum atomic E-state index is 0.277. The number of methoxy groups -OCH3 is 1. The fourth-order valence-corrected chi connectivity index (χ4v) is 2.56. The normalized spacial score (nSPS) is 12.4. The summed E-state index contributed by atoms with van der Waals surface area (Å²) in [5.74, 6) is 0.888. The van der Waals surface area contributed by atoms with E-state index >= 15 is 0 Å². The fraction of sp³-hybridized carbons (Fsp3) is 0.364. The lowest BCUT2D eigenvalue weighted by atomic mass is 10.1. The van der Waals surface area contributed by atoms with E-state index in [4.69, 9.17) is 9.47 Å². The first-order valence-electron chi connectivity index (χ1n) is 8.78. The predicted octanol–water partition coefficient (Wildman–Crippen LogP) is 5.87. The van der Waals surface area contributed by atoms with Crippen LogP contribution in [0.15, 0.2) is 60.7 Å². The maximum absolute atomic E-state index is 6.13. The van der Waals surface area contributed by atoms with Gasteiger partial charge in [-0.2, -0.15) is 0 Å². The van der Waals surface area contributed by atoms with Crippen LogP contribution in [0.25, 0.3) is 6.08 Å². The second-order valence-corrected chi connectivity index (χ2v) is 5.97. The van der Waals surface area contributed by atoms with Crippen molar-refractivity contribution in [1.29, 1.82) is 0 Å². The number of hydrogen-bond acceptors (Lipinski definition) is 2. The van der Waals surface area contributed by atoms with E-state index in [1.54, 1.807) is 7.11 Å². The van der Waals surface area contributed by atoms with Crippen molar-refractivity contribution in [2.24, 2.45) is 0 Å². The van der Waals surface area contributed by atoms with Gasteiger partial charge in [0.05, 0.1) is 19.8 Å². The molecule has 2 aromatic carbocycles. The molecule has 0 amide bonds. The molecule has 0 aromatic heterocycles. The van der Waals surface area contributed by atoms with Crippen LogP contribution in [0.2, 0.25) is 0 Å². The molecule has 128 valence electrons. The maximum atomic E-state index is 6.13. The predicted molar refractivity (Wildman–Crippen MR) is 101 cm³/mol. The smallest absolute Gasteiger partial charge is 0.118 e. The minimum Gasteiger partial charge on any atom is -0.497 e. The van der Waals surface area contributed by atoms with E-state index in [2.05, 4.69) is 55.5 Å². The second-order valence-electron chi connectivity index (χ2n) is 5.97. The van der Waals surface area contributed by atoms with Crippen LogP contribution in [0, 0.1) is 0 Å². The second kappa shape index (κ2) is 10.7. The highest BCUT2D eigenvalue weighted by atomic mass is 16.5. The van der Waals surface area contributed by atoms with Crippen molar-refractivity contribution < 1.29 is 9.47 Å². The first-order chi connectivity index (χ1) is 11.8. The first-order valence-corrected chi connectivity index (χ1v) is 8.78. The van der Waals surface area contributed by atoms with Gasteiger partial charge in [-0.1, -0.05) is 74.4 Å². The summed E-state index contributed by atoms with van der Waals surface area (Å²) in [6.45, 7) is 2.91. The van der Waals surface area contributed by atoms with E-state index < -0.39 is 0 Å². The van der Waals surface area contributed by atoms with Crippen molar-refractivity contribution in [3.8, 4) is 5.75 Å². The van der Waals surface area contributed by atoms with Crippen LogP contribution in [0.4, 0.5) is 0 Å². The molecule has 0 saturated heterocycles. The van der Waals surface area contributed by atoms with Gasteiger partial charge in [0.2, 0.25) is 0 Å². The van der Waals surface area contributed by atoms with Gasteiger partial charge >= 0.3 is 0 Å². The van der Waals surface area contributed by atoms with Crippen molar-refractivity contribution in [3.05, 3.63) is 71.8 Å². The van der Waals surface area contributed by atoms with E-state index in [0.717, 1.165) is 18.6 Å². The van der Waals surface area contributed by atoms with Gasteiger partial charge in [0.15, 0.2) is 0 Å². The van der Waals surface area contributed by atoms with Gasteiger partial charge in [-0.25, -0.2) is 0 Å². The number of hydrogen-bond donors (Lipinski definition) is 0. The largest absolute Gasteiger partial charge is 0.497 e. The van der Waals surface area contributed by atoms with Gasteiger partial charge in [0, 0.05) is 0 Å². The Hall–Kier alpha value is -2.06. The molecule has 1 atom stereocenters. The van der Waals surface area contributed by atoms with Gasteiger partial charge in [0.1, 0.15) is 5.75 Å². The summed E-state index contributed by atoms with van der Waals surface area (Å²) in [6, 6.07) is 18.5. The van der Waals surface area contributed by atoms with E-state index in [1.165, 1.54) is 24.0 Å². The van der Waals surface area contributed by atoms with Gasteiger partial charge in [-0.15, -0.1) is 0 Å². The zero-order chi connectivity index (χ0) is 17.0. The maximum Gasteiger partial charge on any atom is 0.118 e. The molecular weight excluding hydrogens is 296 g/mol. The summed E-state index contributed by atoms with van der Waals surface area (Å²) in [4.78, 5) is 0. The zero-order valence-corrected chi connectivity index (χ0v) is 14.8. The summed E-state index contributed by atoms with van der Waals surface area (Å²) < 4.78 is 11.3. The van der Waals surface area contributed by atoms with E-state index in [-0.39, 0.29) is 6.10 Å². The lowest BCUT2D eigenvalue weighted by Crippen LogP contribution is -2.12. The van der Waals surface area contributed by atoms with E-state index in [1.807, 2.05) is 18.2 Å². The van der Waals surface area contributed by atoms with Crippen LogP contribution in [0.1, 0.15) is 43.7 Å². The third-order valence-corrected chi connectivity index (χ3v) is 4.03. The number of rotatable bonds is 10. The molecule has 2 nitrogen and oxygen atoms in total. The Morgan fingerprint density at radius 3 is 2.42 bits per heavy atom. The van der Waals surface area contributed by atoms with Gasteiger partial charge < -0.3 is 9.47 Å². The van der Waals surface area contributed by atoms with Gasteiger partial charge in [0.25, 0.3) is 0 Å². The molecule has 0 spiro atoms. The molecule has 0 bridgehead atoms. The molecule has 0 heterocycles. The summed E-state index contributed by atoms with van der Waals surface area (Å²) in [5.41, 5.74) is 2.42. The summed E-state index contributed by atoms with van der Waals surface area (Å²) >= 11 is 0. The number of unbranched alkanes of at least 4 members (excludes halogenated alkanes) is 1. The summed E-state index contributed by atoms with van der Waals surface area (Å²) in [5, 5.41) is 0. The minimum absolute atomic E-state index is 0.277. The van der Waals surface area contributed by atoms with Crippen molar-refractivity contribution >= 4 is 6.08 Å². The van der Waals surface area contributed by atoms with Gasteiger partial charge in [-0.3, -0.25) is 0 Å². The van der Waals surface area contributed by atoms with Crippen molar-refractivity contribution in [2.45, 2.75) is 45.3 Å². The molecule has 0 N–H and O–H groups in total. The average Bonchev–Trinajstić information content (AvgIpc) is 2.65. The van der Waals surface area contributed by atoms with Crippen LogP contribution < -0.4 is 4.74 Å². The number of benzene rings is 2. The van der Waals surface area contributed by atoms with Crippen LogP contribution >= 0.6 is 0 Å². The Balaban J connectivity index is 1.86. The van der Waals surface area contributed by atoms with E-state index in [9.17, 15) is 0 Å². The quantitative estimate of drug-likeness (QED) is 0.544. The van der Waals surface area contributed by atoms with Crippen molar-refractivity contribution in [3.63, 3.8) is 0 Å². The fourth-order valence-electron chi connectivity index (χ4n) is 2.56. The van der Waals surface area contributed by atoms with Gasteiger partial charge in [-0.05, 0) is 36.1 Å². The third-order valence-electron chi connectivity index (χ3n) is 4.03. The molecule has 0 aliphatic heterocycles. The average molecular weight is 324 g/mol. The Kier molecular flexibility index (Phi) is 8.12. The Labute approximate surface area is 146 Å². The Morgan fingerprint density at radius 1 is 1.00 bits per heavy atom. The molecule has 0 radical (unpaired) electrons. The first kappa shape index (κ1) is 18.3.